The van der Waals surface area contributed by atoms with Crippen molar-refractivity contribution in [2.75, 3.05) is 16.9 Å². The number of hydrogen-bond acceptors (Lipinski definition) is 4. The molecule has 1 fully saturated rings. The highest BCUT2D eigenvalue weighted by Crippen LogP contribution is 2.18. The van der Waals surface area contributed by atoms with Crippen LogP contribution >= 0.6 is 0 Å². The van der Waals surface area contributed by atoms with E-state index in [-0.39, 0.29) is 29.5 Å². The van der Waals surface area contributed by atoms with Gasteiger partial charge in [0, 0.05) is 12.1 Å². The molecular weight excluding hydrogens is 344 g/mol. The van der Waals surface area contributed by atoms with Crippen molar-refractivity contribution in [2.24, 2.45) is 9.57 Å². The quantitative estimate of drug-likeness (QED) is 0.525. The molecule has 0 aromatic heterocycles. The summed E-state index contributed by atoms with van der Waals surface area (Å²) in [5.41, 5.74) is 1.83. The Bertz CT molecular complexity index is 773. The Kier molecular flexibility index (Phi) is 6.40. The molecule has 1 heterocycles. The molecule has 1 aliphatic heterocycles. The Morgan fingerprint density at radius 3 is 2.76 bits per heavy atom. The van der Waals surface area contributed by atoms with E-state index >= 15 is 0 Å². The van der Waals surface area contributed by atoms with Gasteiger partial charge in [-0.15, -0.1) is 4.47 Å². The average Bonchev–Trinajstić information content (AvgIpc) is 2.98. The number of carboxylic acid groups (broad SMARTS) is 1. The van der Waals surface area contributed by atoms with Crippen molar-refractivity contribution in [1.82, 2.24) is 5.32 Å². The average molecular weight is 364 g/mol. The number of hydrogen-bond donors (Lipinski definition) is 3. The minimum absolute atomic E-state index is 0.0216. The van der Waals surface area contributed by atoms with E-state index in [9.17, 15) is 19.5 Å². The molecule has 2 rings (SSSR count). The number of aromatic carboxylic acids is 1. The zero-order valence-corrected chi connectivity index (χ0v) is 14.9. The molecule has 1 aromatic rings. The predicted molar refractivity (Wildman–Crippen MR) is 96.8 cm³/mol. The van der Waals surface area contributed by atoms with Crippen molar-refractivity contribution >= 4 is 39.9 Å². The molecule has 0 bridgehead atoms. The van der Waals surface area contributed by atoms with E-state index in [1.165, 1.54) is 6.07 Å². The van der Waals surface area contributed by atoms with Crippen molar-refractivity contribution in [2.45, 2.75) is 26.7 Å². The van der Waals surface area contributed by atoms with Crippen LogP contribution in [0.3, 0.4) is 0 Å². The summed E-state index contributed by atoms with van der Waals surface area (Å²) in [5, 5.41) is 18.6. The minimum atomic E-state index is -1.09. The third-order valence-corrected chi connectivity index (χ3v) is 4.84. The lowest BCUT2D eigenvalue weighted by Gasteiger charge is -2.09. The lowest BCUT2D eigenvalue weighted by atomic mass is 10.1. The molecule has 8 nitrogen and oxygen atoms in total. The van der Waals surface area contributed by atoms with Gasteiger partial charge < -0.3 is 15.7 Å². The number of carbonyl (C=O) groups is 3. The number of aryl methyl sites for hydroxylation is 1. The number of benzene rings is 1. The first-order valence-electron chi connectivity index (χ1n) is 7.67. The molecule has 0 saturated carbocycles. The van der Waals surface area contributed by atoms with Gasteiger partial charge in [-0.2, -0.15) is 5.10 Å². The van der Waals surface area contributed by atoms with Crippen molar-refractivity contribution in [1.29, 1.82) is 0 Å². The maximum Gasteiger partial charge on any atom is 0.337 e. The highest BCUT2D eigenvalue weighted by molar-refractivity contribution is 7.88. The molecule has 25 heavy (non-hydrogen) atoms. The van der Waals surface area contributed by atoms with Crippen LogP contribution in [0.15, 0.2) is 27.8 Å². The fourth-order valence-electron chi connectivity index (χ4n) is 2.10. The highest BCUT2D eigenvalue weighted by atomic mass is 32.2. The Hall–Kier alpha value is -2.55. The van der Waals surface area contributed by atoms with Crippen LogP contribution in [0.5, 0.6) is 0 Å². The van der Waals surface area contributed by atoms with Crippen LogP contribution in [0.1, 0.15) is 35.7 Å². The van der Waals surface area contributed by atoms with E-state index in [4.69, 9.17) is 0 Å². The Morgan fingerprint density at radius 1 is 1.36 bits per heavy atom. The van der Waals surface area contributed by atoms with Crippen LogP contribution in [0.2, 0.25) is 0 Å². The van der Waals surface area contributed by atoms with Gasteiger partial charge in [-0.1, -0.05) is 11.6 Å². The fraction of sp³-hybridized carbons (Fsp3) is 0.375. The molecule has 0 radical (unpaired) electrons. The third-order valence-electron chi connectivity index (χ3n) is 3.45. The van der Waals surface area contributed by atoms with Crippen LogP contribution < -0.4 is 10.6 Å². The van der Waals surface area contributed by atoms with Gasteiger partial charge in [0.1, 0.15) is 0 Å². The second-order valence-corrected chi connectivity index (χ2v) is 7.34. The summed E-state index contributed by atoms with van der Waals surface area (Å²) in [6.45, 7) is 3.55. The van der Waals surface area contributed by atoms with E-state index in [1.807, 2.05) is 0 Å². The van der Waals surface area contributed by atoms with Crippen LogP contribution in [-0.4, -0.2) is 40.2 Å². The Balaban J connectivity index is 1.90. The van der Waals surface area contributed by atoms with Crippen molar-refractivity contribution in [3.63, 3.8) is 0 Å². The molecule has 134 valence electrons. The third kappa shape index (κ3) is 5.79. The fourth-order valence-corrected chi connectivity index (χ4v) is 3.31. The number of carboxylic acids is 1. The first-order chi connectivity index (χ1) is 11.8. The normalized spacial score (nSPS) is 17.4. The van der Waals surface area contributed by atoms with Crippen LogP contribution in [0.25, 0.3) is 0 Å². The number of carbonyl (C=O) groups excluding carboxylic acids is 2. The van der Waals surface area contributed by atoms with E-state index in [0.29, 0.717) is 23.8 Å². The molecule has 9 heteroatoms. The smallest absolute Gasteiger partial charge is 0.337 e. The zero-order chi connectivity index (χ0) is 18.4. The second kappa shape index (κ2) is 8.52. The summed E-state index contributed by atoms with van der Waals surface area (Å²) in [4.78, 5) is 34.4. The van der Waals surface area contributed by atoms with Crippen LogP contribution in [-0.2, 0) is 20.3 Å². The second-order valence-electron chi connectivity index (χ2n) is 5.67. The summed E-state index contributed by atoms with van der Waals surface area (Å²) in [6, 6.07) is 4.84. The molecular formula is C16H20N4O4S. The number of rotatable bonds is 6. The van der Waals surface area contributed by atoms with Gasteiger partial charge in [0.25, 0.3) is 0 Å². The monoisotopic (exact) mass is 364 g/mol. The van der Waals surface area contributed by atoms with Gasteiger partial charge in [-0.25, -0.2) is 4.79 Å². The molecule has 0 spiro atoms. The zero-order valence-electron chi connectivity index (χ0n) is 14.0. The minimum Gasteiger partial charge on any atom is -0.478 e. The van der Waals surface area contributed by atoms with Crippen molar-refractivity contribution in [3.05, 3.63) is 29.3 Å². The van der Waals surface area contributed by atoms with Crippen molar-refractivity contribution < 1.29 is 19.5 Å². The summed E-state index contributed by atoms with van der Waals surface area (Å²) < 4.78 is 4.11. The van der Waals surface area contributed by atoms with Gasteiger partial charge in [0.05, 0.1) is 22.9 Å². The maximum absolute atomic E-state index is 12.0. The van der Waals surface area contributed by atoms with Gasteiger partial charge in [-0.05, 0) is 43.1 Å². The summed E-state index contributed by atoms with van der Waals surface area (Å²) in [5.74, 6) is -0.520. The molecule has 0 aliphatic carbocycles. The summed E-state index contributed by atoms with van der Waals surface area (Å²) in [6.07, 6.45) is 0.574. The van der Waals surface area contributed by atoms with Gasteiger partial charge in [-0.3, -0.25) is 9.59 Å². The summed E-state index contributed by atoms with van der Waals surface area (Å²) >= 11 is 0. The van der Waals surface area contributed by atoms with Gasteiger partial charge in [0.15, 0.2) is 0 Å². The highest BCUT2D eigenvalue weighted by Gasteiger charge is 2.14. The number of nitrogens with zero attached hydrogens (tertiary/aromatic N) is 2. The number of amides is 2. The predicted octanol–water partition coefficient (Wildman–Crippen LogP) is 1.68. The van der Waals surface area contributed by atoms with Crippen molar-refractivity contribution in [3.8, 4) is 0 Å². The lowest BCUT2D eigenvalue weighted by molar-refractivity contribution is -0.118. The SMILES string of the molecule is C/C(CCC(=O)Nc1ccc(C)cc1C(=O)O)=N\N=S1/CNC(=O)C1. The lowest BCUT2D eigenvalue weighted by Crippen LogP contribution is -2.15. The maximum atomic E-state index is 12.0. The molecule has 2 amide bonds. The first kappa shape index (κ1) is 18.8. The largest absolute Gasteiger partial charge is 0.478 e. The standard InChI is InChI=1S/C16H20N4O4S/c1-10-3-5-13(12(7-10)16(23)24)18-14(21)6-4-11(2)19-20-25-8-15(22)17-9-25/h3,5,7H,4,6,8-9H2,1-2H3,(H,17,22)(H,18,21)(H,23,24)/b19-11+. The Labute approximate surface area is 147 Å². The van der Waals surface area contributed by atoms with Gasteiger partial charge >= 0.3 is 5.97 Å². The van der Waals surface area contributed by atoms with E-state index in [1.54, 1.807) is 26.0 Å². The molecule has 1 saturated heterocycles. The molecule has 1 atom stereocenters. The van der Waals surface area contributed by atoms with Gasteiger partial charge in [0.2, 0.25) is 11.8 Å². The van der Waals surface area contributed by atoms with E-state index < -0.39 is 16.7 Å². The van der Waals surface area contributed by atoms with E-state index in [2.05, 4.69) is 20.2 Å². The molecule has 1 aromatic carbocycles. The van der Waals surface area contributed by atoms with E-state index in [0.717, 1.165) is 5.56 Å². The summed E-state index contributed by atoms with van der Waals surface area (Å²) in [7, 11) is -0.423. The van der Waals surface area contributed by atoms with Crippen LogP contribution in [0, 0.1) is 6.92 Å². The molecule has 3 N–H and O–H groups in total. The Morgan fingerprint density at radius 2 is 2.12 bits per heavy atom. The first-order valence-corrected chi connectivity index (χ1v) is 9.19. The topological polar surface area (TPSA) is 120 Å². The van der Waals surface area contributed by atoms with Crippen LogP contribution in [0.4, 0.5) is 5.69 Å². The molecule has 1 unspecified atom stereocenters. The number of anilines is 1. The number of nitrogens with one attached hydrogen (secondary N) is 2. The molecule has 1 aliphatic rings.